The van der Waals surface area contributed by atoms with Crippen LogP contribution in [0.2, 0.25) is 0 Å². The van der Waals surface area contributed by atoms with Crippen LogP contribution >= 0.6 is 0 Å². The Hall–Kier alpha value is -1.71. The van der Waals surface area contributed by atoms with Crippen LogP contribution in [0.5, 0.6) is 5.75 Å². The minimum atomic E-state index is -0.473. The van der Waals surface area contributed by atoms with E-state index in [-0.39, 0.29) is 17.6 Å². The average molecular weight is 317 g/mol. The summed E-state index contributed by atoms with van der Waals surface area (Å²) in [4.78, 5) is 14.5. The molecule has 1 aliphatic heterocycles. The van der Waals surface area contributed by atoms with Crippen LogP contribution in [0.1, 0.15) is 52.2 Å². The lowest BCUT2D eigenvalue weighted by atomic mass is 9.59. The van der Waals surface area contributed by atoms with Crippen molar-refractivity contribution in [1.29, 1.82) is 0 Å². The van der Waals surface area contributed by atoms with Gasteiger partial charge in [-0.2, -0.15) is 0 Å². The summed E-state index contributed by atoms with van der Waals surface area (Å²) in [6.45, 7) is 10.9. The van der Waals surface area contributed by atoms with Gasteiger partial charge in [-0.25, -0.2) is 4.79 Å². The Morgan fingerprint density at radius 2 is 2.09 bits per heavy atom. The van der Waals surface area contributed by atoms with Gasteiger partial charge in [0, 0.05) is 12.6 Å². The number of carbonyl (C=O) groups is 1. The number of ether oxygens (including phenoxy) is 1. The molecule has 3 atom stereocenters. The van der Waals surface area contributed by atoms with Crippen molar-refractivity contribution in [2.24, 2.45) is 5.92 Å². The number of fused-ring (bicyclic) bond motifs is 4. The summed E-state index contributed by atoms with van der Waals surface area (Å²) in [5, 5.41) is 9.87. The lowest BCUT2D eigenvalue weighted by molar-refractivity contribution is -0.0165. The molecule has 23 heavy (non-hydrogen) atoms. The van der Waals surface area contributed by atoms with Crippen LogP contribution in [-0.4, -0.2) is 34.3 Å². The Bertz CT molecular complexity index is 634. The van der Waals surface area contributed by atoms with E-state index in [2.05, 4.69) is 13.8 Å². The lowest BCUT2D eigenvalue weighted by Crippen LogP contribution is -2.60. The molecule has 126 valence electrons. The molecule has 1 fully saturated rings. The van der Waals surface area contributed by atoms with Crippen LogP contribution in [0.25, 0.3) is 0 Å². The van der Waals surface area contributed by atoms with E-state index in [0.717, 1.165) is 12.8 Å². The number of likely N-dealkylation sites (tertiary alicyclic amines) is 1. The maximum absolute atomic E-state index is 12.6. The minimum absolute atomic E-state index is 0.00446. The van der Waals surface area contributed by atoms with Gasteiger partial charge in [0.1, 0.15) is 11.4 Å². The number of hydrogen-bond acceptors (Lipinski definition) is 3. The van der Waals surface area contributed by atoms with E-state index >= 15 is 0 Å². The van der Waals surface area contributed by atoms with Gasteiger partial charge < -0.3 is 14.7 Å². The standard InChI is InChI=1S/C19H27NO3/c1-12-16-10-13-6-7-14(21)11-15(13)19(12,5)8-9-20(16)17(22)23-18(2,3)4/h6-7,11-12,16,21H,8-10H2,1-5H3/t12?,16-,19?/m1/s1. The number of aromatic hydroxyl groups is 1. The summed E-state index contributed by atoms with van der Waals surface area (Å²) >= 11 is 0. The van der Waals surface area contributed by atoms with Crippen molar-refractivity contribution in [3.05, 3.63) is 29.3 Å². The van der Waals surface area contributed by atoms with Crippen LogP contribution in [0, 0.1) is 5.92 Å². The fraction of sp³-hybridized carbons (Fsp3) is 0.632. The third kappa shape index (κ3) is 2.68. The SMILES string of the molecule is CC1[C@H]2Cc3ccc(O)cc3C1(C)CCN2C(=O)OC(C)(C)C. The van der Waals surface area contributed by atoms with Gasteiger partial charge in [-0.1, -0.05) is 19.9 Å². The number of rotatable bonds is 0. The Morgan fingerprint density at radius 3 is 2.74 bits per heavy atom. The third-order valence-electron chi connectivity index (χ3n) is 5.62. The maximum Gasteiger partial charge on any atom is 0.410 e. The van der Waals surface area contributed by atoms with Gasteiger partial charge in [-0.05, 0) is 68.2 Å². The number of piperidine rings is 1. The van der Waals surface area contributed by atoms with Crippen molar-refractivity contribution in [3.8, 4) is 5.75 Å². The maximum atomic E-state index is 12.6. The second-order valence-corrected chi connectivity index (χ2v) is 8.24. The molecule has 0 spiro atoms. The molecule has 2 bridgehead atoms. The largest absolute Gasteiger partial charge is 0.508 e. The Balaban J connectivity index is 1.94. The molecule has 1 saturated heterocycles. The van der Waals surface area contributed by atoms with Crippen LogP contribution < -0.4 is 0 Å². The highest BCUT2D eigenvalue weighted by molar-refractivity contribution is 5.69. The molecule has 0 saturated carbocycles. The zero-order chi connectivity index (χ0) is 17.0. The molecule has 0 radical (unpaired) electrons. The summed E-state index contributed by atoms with van der Waals surface area (Å²) in [5.74, 6) is 0.656. The normalized spacial score (nSPS) is 29.9. The first kappa shape index (κ1) is 16.2. The van der Waals surface area contributed by atoms with Gasteiger partial charge in [0.05, 0.1) is 0 Å². The van der Waals surface area contributed by atoms with Gasteiger partial charge in [0.2, 0.25) is 0 Å². The molecule has 4 nitrogen and oxygen atoms in total. The zero-order valence-electron chi connectivity index (χ0n) is 14.7. The first-order chi connectivity index (χ1) is 10.6. The van der Waals surface area contributed by atoms with E-state index in [1.54, 1.807) is 6.07 Å². The van der Waals surface area contributed by atoms with E-state index in [0.29, 0.717) is 18.2 Å². The van der Waals surface area contributed by atoms with Crippen LogP contribution in [0.15, 0.2) is 18.2 Å². The second-order valence-electron chi connectivity index (χ2n) is 8.24. The van der Waals surface area contributed by atoms with E-state index in [1.165, 1.54) is 11.1 Å². The van der Waals surface area contributed by atoms with E-state index in [9.17, 15) is 9.90 Å². The first-order valence-corrected chi connectivity index (χ1v) is 8.44. The number of nitrogens with zero attached hydrogens (tertiary/aromatic N) is 1. The lowest BCUT2D eigenvalue weighted by Gasteiger charge is -2.54. The summed E-state index contributed by atoms with van der Waals surface area (Å²) in [5.41, 5.74) is 2.00. The topological polar surface area (TPSA) is 49.8 Å². The molecule has 2 unspecified atom stereocenters. The van der Waals surface area contributed by atoms with Crippen LogP contribution in [0.4, 0.5) is 4.79 Å². The Morgan fingerprint density at radius 1 is 1.39 bits per heavy atom. The van der Waals surface area contributed by atoms with Crippen molar-refractivity contribution < 1.29 is 14.6 Å². The van der Waals surface area contributed by atoms with Crippen LogP contribution in [0.3, 0.4) is 0 Å². The molecular weight excluding hydrogens is 290 g/mol. The van der Waals surface area contributed by atoms with E-state index in [4.69, 9.17) is 4.74 Å². The number of amides is 1. The van der Waals surface area contributed by atoms with Gasteiger partial charge in [0.25, 0.3) is 0 Å². The molecule has 1 heterocycles. The van der Waals surface area contributed by atoms with Gasteiger partial charge in [0.15, 0.2) is 0 Å². The Labute approximate surface area is 138 Å². The molecule has 1 aromatic rings. The summed E-state index contributed by atoms with van der Waals surface area (Å²) in [6, 6.07) is 5.80. The molecular formula is C19H27NO3. The van der Waals surface area contributed by atoms with Gasteiger partial charge in [-0.3, -0.25) is 0 Å². The van der Waals surface area contributed by atoms with Crippen molar-refractivity contribution in [2.75, 3.05) is 6.54 Å². The van der Waals surface area contributed by atoms with Crippen molar-refractivity contribution in [2.45, 2.75) is 64.5 Å². The summed E-state index contributed by atoms with van der Waals surface area (Å²) in [7, 11) is 0. The fourth-order valence-electron chi connectivity index (χ4n) is 4.15. The number of phenolic OH excluding ortho intramolecular Hbond substituents is 1. The molecule has 1 amide bonds. The molecule has 0 aromatic heterocycles. The number of benzene rings is 1. The predicted octanol–water partition coefficient (Wildman–Crippen LogP) is 3.85. The highest BCUT2D eigenvalue weighted by Gasteiger charge is 2.50. The van der Waals surface area contributed by atoms with Crippen LogP contribution in [-0.2, 0) is 16.6 Å². The second kappa shape index (κ2) is 5.15. The molecule has 2 aliphatic rings. The molecule has 1 aromatic carbocycles. The van der Waals surface area contributed by atoms with Gasteiger partial charge in [-0.15, -0.1) is 0 Å². The quantitative estimate of drug-likeness (QED) is 0.790. The minimum Gasteiger partial charge on any atom is -0.508 e. The smallest absolute Gasteiger partial charge is 0.410 e. The van der Waals surface area contributed by atoms with Gasteiger partial charge >= 0.3 is 6.09 Å². The number of phenols is 1. The highest BCUT2D eigenvalue weighted by atomic mass is 16.6. The van der Waals surface area contributed by atoms with Crippen molar-refractivity contribution >= 4 is 6.09 Å². The third-order valence-corrected chi connectivity index (χ3v) is 5.62. The highest BCUT2D eigenvalue weighted by Crippen LogP contribution is 2.49. The zero-order valence-corrected chi connectivity index (χ0v) is 14.7. The van der Waals surface area contributed by atoms with E-state index in [1.807, 2.05) is 37.8 Å². The monoisotopic (exact) mass is 317 g/mol. The molecule has 1 N–H and O–H groups in total. The van der Waals surface area contributed by atoms with Crippen molar-refractivity contribution in [1.82, 2.24) is 4.90 Å². The molecule has 1 aliphatic carbocycles. The predicted molar refractivity (Wildman–Crippen MR) is 89.7 cm³/mol. The summed E-state index contributed by atoms with van der Waals surface area (Å²) < 4.78 is 5.60. The Kier molecular flexibility index (Phi) is 3.62. The van der Waals surface area contributed by atoms with Crippen molar-refractivity contribution in [3.63, 3.8) is 0 Å². The number of carbonyl (C=O) groups excluding carboxylic acids is 1. The van der Waals surface area contributed by atoms with E-state index < -0.39 is 5.60 Å². The molecule has 3 rings (SSSR count). The molecule has 4 heteroatoms. The summed E-state index contributed by atoms with van der Waals surface area (Å²) in [6.07, 6.45) is 1.50. The first-order valence-electron chi connectivity index (χ1n) is 8.44. The fourth-order valence-corrected chi connectivity index (χ4v) is 4.15. The average Bonchev–Trinajstić information content (AvgIpc) is 2.42. The number of hydrogen-bond donors (Lipinski definition) is 1.